The van der Waals surface area contributed by atoms with Crippen LogP contribution in [-0.4, -0.2) is 19.1 Å². The fourth-order valence-corrected chi connectivity index (χ4v) is 2.21. The first-order valence-electron chi connectivity index (χ1n) is 6.58. The molecule has 100 valence electrons. The standard InChI is InChI=1S/C15H18N2O2/c1-11(2)12(10-16)15(18)17-8-5-9-19-14-7-4-3-6-13(14)17/h3-4,6-7,11-12H,5,8-9H2,1-2H3. The van der Waals surface area contributed by atoms with Crippen molar-refractivity contribution >= 4 is 11.6 Å². The fraction of sp³-hybridized carbons (Fsp3) is 0.467. The maximum atomic E-state index is 12.5. The van der Waals surface area contributed by atoms with E-state index in [1.165, 1.54) is 0 Å². The number of hydrogen-bond acceptors (Lipinski definition) is 3. The molecular formula is C15H18N2O2. The Balaban J connectivity index is 2.34. The molecule has 0 aliphatic carbocycles. The summed E-state index contributed by atoms with van der Waals surface area (Å²) < 4.78 is 5.63. The van der Waals surface area contributed by atoms with Crippen molar-refractivity contribution < 1.29 is 9.53 Å². The van der Waals surface area contributed by atoms with Crippen LogP contribution in [-0.2, 0) is 4.79 Å². The van der Waals surface area contributed by atoms with Crippen LogP contribution in [0, 0.1) is 23.2 Å². The van der Waals surface area contributed by atoms with Gasteiger partial charge < -0.3 is 9.64 Å². The zero-order chi connectivity index (χ0) is 13.8. The van der Waals surface area contributed by atoms with Gasteiger partial charge in [-0.25, -0.2) is 0 Å². The van der Waals surface area contributed by atoms with Gasteiger partial charge in [-0.2, -0.15) is 5.26 Å². The number of para-hydroxylation sites is 2. The van der Waals surface area contributed by atoms with Gasteiger partial charge in [0.1, 0.15) is 11.7 Å². The highest BCUT2D eigenvalue weighted by Crippen LogP contribution is 2.32. The van der Waals surface area contributed by atoms with E-state index in [1.807, 2.05) is 38.1 Å². The minimum atomic E-state index is -0.605. The Hall–Kier alpha value is -2.02. The maximum Gasteiger partial charge on any atom is 0.244 e. The van der Waals surface area contributed by atoms with Crippen LogP contribution in [0.5, 0.6) is 5.75 Å². The van der Waals surface area contributed by atoms with Crippen molar-refractivity contribution in [3.8, 4) is 11.8 Å². The summed E-state index contributed by atoms with van der Waals surface area (Å²) >= 11 is 0. The zero-order valence-corrected chi connectivity index (χ0v) is 11.3. The second kappa shape index (κ2) is 5.75. The van der Waals surface area contributed by atoms with Crippen LogP contribution in [0.1, 0.15) is 20.3 Å². The van der Waals surface area contributed by atoms with Crippen LogP contribution in [0.25, 0.3) is 0 Å². The Morgan fingerprint density at radius 1 is 1.42 bits per heavy atom. The third kappa shape index (κ3) is 2.70. The van der Waals surface area contributed by atoms with Gasteiger partial charge in [0.2, 0.25) is 5.91 Å². The lowest BCUT2D eigenvalue weighted by Gasteiger charge is -2.25. The van der Waals surface area contributed by atoms with Crippen LogP contribution in [0.3, 0.4) is 0 Å². The predicted molar refractivity (Wildman–Crippen MR) is 72.8 cm³/mol. The van der Waals surface area contributed by atoms with Gasteiger partial charge in [0.15, 0.2) is 0 Å². The second-order valence-corrected chi connectivity index (χ2v) is 5.01. The van der Waals surface area contributed by atoms with E-state index < -0.39 is 5.92 Å². The van der Waals surface area contributed by atoms with Crippen LogP contribution in [0.15, 0.2) is 24.3 Å². The molecule has 0 aromatic heterocycles. The molecule has 1 amide bonds. The molecule has 0 radical (unpaired) electrons. The van der Waals surface area contributed by atoms with Crippen molar-refractivity contribution in [2.75, 3.05) is 18.1 Å². The molecule has 4 heteroatoms. The van der Waals surface area contributed by atoms with E-state index in [0.717, 1.165) is 12.1 Å². The molecule has 1 aliphatic heterocycles. The number of amides is 1. The van der Waals surface area contributed by atoms with Crippen molar-refractivity contribution in [1.29, 1.82) is 5.26 Å². The summed E-state index contributed by atoms with van der Waals surface area (Å²) in [7, 11) is 0. The minimum absolute atomic E-state index is 0.00818. The highest BCUT2D eigenvalue weighted by Gasteiger charge is 2.30. The van der Waals surface area contributed by atoms with Crippen molar-refractivity contribution in [2.24, 2.45) is 11.8 Å². The number of rotatable bonds is 2. The van der Waals surface area contributed by atoms with E-state index >= 15 is 0 Å². The van der Waals surface area contributed by atoms with Gasteiger partial charge in [-0.15, -0.1) is 0 Å². The van der Waals surface area contributed by atoms with Crippen LogP contribution >= 0.6 is 0 Å². The number of anilines is 1. The largest absolute Gasteiger partial charge is 0.491 e. The van der Waals surface area contributed by atoms with Gasteiger partial charge >= 0.3 is 0 Å². The van der Waals surface area contributed by atoms with E-state index in [0.29, 0.717) is 18.9 Å². The molecular weight excluding hydrogens is 240 g/mol. The highest BCUT2D eigenvalue weighted by atomic mass is 16.5. The number of carbonyl (C=O) groups excluding carboxylic acids is 1. The summed E-state index contributed by atoms with van der Waals surface area (Å²) in [6.07, 6.45) is 0.774. The van der Waals surface area contributed by atoms with Crippen LogP contribution in [0.2, 0.25) is 0 Å². The minimum Gasteiger partial charge on any atom is -0.491 e. The fourth-order valence-electron chi connectivity index (χ4n) is 2.21. The monoisotopic (exact) mass is 258 g/mol. The number of fused-ring (bicyclic) bond motifs is 1. The molecule has 1 atom stereocenters. The first kappa shape index (κ1) is 13.4. The Kier molecular flexibility index (Phi) is 4.06. The quantitative estimate of drug-likeness (QED) is 0.819. The molecule has 2 rings (SSSR count). The first-order chi connectivity index (χ1) is 9.15. The Morgan fingerprint density at radius 2 is 2.16 bits per heavy atom. The SMILES string of the molecule is CC(C)C(C#N)C(=O)N1CCCOc2ccccc21. The Morgan fingerprint density at radius 3 is 2.84 bits per heavy atom. The molecule has 1 aromatic carbocycles. The summed E-state index contributed by atoms with van der Waals surface area (Å²) in [5.41, 5.74) is 0.769. The molecule has 19 heavy (non-hydrogen) atoms. The summed E-state index contributed by atoms with van der Waals surface area (Å²) in [4.78, 5) is 14.2. The predicted octanol–water partition coefficient (Wildman–Crippen LogP) is 2.60. The first-order valence-corrected chi connectivity index (χ1v) is 6.58. The molecule has 0 fully saturated rings. The summed E-state index contributed by atoms with van der Waals surface area (Å²) in [6, 6.07) is 9.61. The van der Waals surface area contributed by atoms with Gasteiger partial charge in [-0.3, -0.25) is 4.79 Å². The van der Waals surface area contributed by atoms with E-state index in [2.05, 4.69) is 6.07 Å². The van der Waals surface area contributed by atoms with Crippen molar-refractivity contribution in [1.82, 2.24) is 0 Å². The Labute approximate surface area is 113 Å². The second-order valence-electron chi connectivity index (χ2n) is 5.01. The van der Waals surface area contributed by atoms with E-state index in [1.54, 1.807) is 4.90 Å². The molecule has 0 N–H and O–H groups in total. The molecule has 1 aliphatic rings. The van der Waals surface area contributed by atoms with Crippen molar-refractivity contribution in [2.45, 2.75) is 20.3 Å². The van der Waals surface area contributed by atoms with Crippen LogP contribution < -0.4 is 9.64 Å². The highest BCUT2D eigenvalue weighted by molar-refractivity contribution is 5.98. The molecule has 4 nitrogen and oxygen atoms in total. The molecule has 1 heterocycles. The number of ether oxygens (including phenoxy) is 1. The molecule has 0 saturated carbocycles. The van der Waals surface area contributed by atoms with E-state index in [-0.39, 0.29) is 11.8 Å². The zero-order valence-electron chi connectivity index (χ0n) is 11.3. The maximum absolute atomic E-state index is 12.5. The number of nitrogens with zero attached hydrogens (tertiary/aromatic N) is 2. The number of nitriles is 1. The topological polar surface area (TPSA) is 53.3 Å². The third-order valence-electron chi connectivity index (χ3n) is 3.28. The number of benzene rings is 1. The number of hydrogen-bond donors (Lipinski definition) is 0. The lowest BCUT2D eigenvalue weighted by molar-refractivity contribution is -0.121. The van der Waals surface area contributed by atoms with Gasteiger partial charge in [-0.1, -0.05) is 26.0 Å². The third-order valence-corrected chi connectivity index (χ3v) is 3.28. The van der Waals surface area contributed by atoms with E-state index in [9.17, 15) is 10.1 Å². The molecule has 0 saturated heterocycles. The summed E-state index contributed by atoms with van der Waals surface area (Å²) in [5, 5.41) is 9.19. The van der Waals surface area contributed by atoms with Gasteiger partial charge in [0, 0.05) is 6.54 Å². The Bertz CT molecular complexity index is 505. The van der Waals surface area contributed by atoms with E-state index in [4.69, 9.17) is 4.74 Å². The molecule has 1 aromatic rings. The smallest absolute Gasteiger partial charge is 0.244 e. The normalized spacial score (nSPS) is 16.0. The lowest BCUT2D eigenvalue weighted by atomic mass is 9.95. The lowest BCUT2D eigenvalue weighted by Crippen LogP contribution is -2.38. The number of carbonyl (C=O) groups is 1. The van der Waals surface area contributed by atoms with Gasteiger partial charge in [0.25, 0.3) is 0 Å². The summed E-state index contributed by atoms with van der Waals surface area (Å²) in [5.74, 6) is -0.00997. The van der Waals surface area contributed by atoms with Crippen molar-refractivity contribution in [3.05, 3.63) is 24.3 Å². The van der Waals surface area contributed by atoms with Crippen molar-refractivity contribution in [3.63, 3.8) is 0 Å². The molecule has 1 unspecified atom stereocenters. The molecule has 0 bridgehead atoms. The average Bonchev–Trinajstić information content (AvgIpc) is 2.61. The van der Waals surface area contributed by atoms with Crippen LogP contribution in [0.4, 0.5) is 5.69 Å². The molecule has 0 spiro atoms. The average molecular weight is 258 g/mol. The van der Waals surface area contributed by atoms with Gasteiger partial charge in [-0.05, 0) is 24.5 Å². The van der Waals surface area contributed by atoms with Gasteiger partial charge in [0.05, 0.1) is 18.4 Å². The summed E-state index contributed by atoms with van der Waals surface area (Å²) in [6.45, 7) is 4.98.